The SMILES string of the molecule is O=C(COc1ccccc1)Nc1nc2ccccn2c1C(=O)NC1CCCCC1. The van der Waals surface area contributed by atoms with Gasteiger partial charge in [-0.2, -0.15) is 0 Å². The summed E-state index contributed by atoms with van der Waals surface area (Å²) >= 11 is 0. The van der Waals surface area contributed by atoms with Gasteiger partial charge in [0.15, 0.2) is 18.1 Å². The van der Waals surface area contributed by atoms with Gasteiger partial charge < -0.3 is 15.4 Å². The van der Waals surface area contributed by atoms with Crippen molar-refractivity contribution >= 4 is 23.3 Å². The average Bonchev–Trinajstić information content (AvgIpc) is 3.11. The zero-order valence-electron chi connectivity index (χ0n) is 16.1. The number of hydrogen-bond acceptors (Lipinski definition) is 4. The molecule has 0 bridgehead atoms. The largest absolute Gasteiger partial charge is 0.484 e. The maximum absolute atomic E-state index is 13.0. The fraction of sp³-hybridized carbons (Fsp3) is 0.318. The van der Waals surface area contributed by atoms with Crippen LogP contribution in [0.2, 0.25) is 0 Å². The van der Waals surface area contributed by atoms with Crippen molar-refractivity contribution in [2.45, 2.75) is 38.1 Å². The number of carbonyl (C=O) groups is 2. The Kier molecular flexibility index (Phi) is 5.74. The van der Waals surface area contributed by atoms with Gasteiger partial charge in [0, 0.05) is 12.2 Å². The van der Waals surface area contributed by atoms with Gasteiger partial charge in [0.2, 0.25) is 0 Å². The molecule has 1 aliphatic carbocycles. The summed E-state index contributed by atoms with van der Waals surface area (Å²) in [5.41, 5.74) is 0.930. The van der Waals surface area contributed by atoms with Crippen molar-refractivity contribution in [1.82, 2.24) is 14.7 Å². The van der Waals surface area contributed by atoms with Gasteiger partial charge in [-0.1, -0.05) is 43.5 Å². The van der Waals surface area contributed by atoms with Crippen LogP contribution in [0.25, 0.3) is 5.65 Å². The summed E-state index contributed by atoms with van der Waals surface area (Å²) < 4.78 is 7.19. The van der Waals surface area contributed by atoms with Crippen LogP contribution in [0.5, 0.6) is 5.75 Å². The number of rotatable bonds is 6. The lowest BCUT2D eigenvalue weighted by atomic mass is 9.95. The number of para-hydroxylation sites is 1. The molecular formula is C22H24N4O3. The van der Waals surface area contributed by atoms with E-state index in [1.54, 1.807) is 28.8 Å². The maximum atomic E-state index is 13.0. The number of nitrogens with one attached hydrogen (secondary N) is 2. The molecule has 2 heterocycles. The molecule has 4 rings (SSSR count). The standard InChI is InChI=1S/C22H24N4O3/c27-19(15-29-17-11-5-2-6-12-17)25-21-20(26-14-8-7-13-18(26)24-21)22(28)23-16-9-3-1-4-10-16/h2,5-8,11-14,16H,1,3-4,9-10,15H2,(H,23,28)(H,25,27). The molecule has 0 saturated heterocycles. The van der Waals surface area contributed by atoms with Gasteiger partial charge in [-0.05, 0) is 37.1 Å². The Hall–Kier alpha value is -3.35. The number of pyridine rings is 1. The highest BCUT2D eigenvalue weighted by Gasteiger charge is 2.24. The smallest absolute Gasteiger partial charge is 0.272 e. The lowest BCUT2D eigenvalue weighted by Gasteiger charge is -2.22. The van der Waals surface area contributed by atoms with Crippen LogP contribution >= 0.6 is 0 Å². The van der Waals surface area contributed by atoms with Gasteiger partial charge in [0.1, 0.15) is 11.4 Å². The third-order valence-corrected chi connectivity index (χ3v) is 5.06. The van der Waals surface area contributed by atoms with Gasteiger partial charge in [0.25, 0.3) is 11.8 Å². The van der Waals surface area contributed by atoms with Gasteiger partial charge in [-0.25, -0.2) is 4.98 Å². The van der Waals surface area contributed by atoms with E-state index in [0.717, 1.165) is 25.7 Å². The number of hydrogen-bond donors (Lipinski definition) is 2. The zero-order chi connectivity index (χ0) is 20.1. The van der Waals surface area contributed by atoms with Crippen molar-refractivity contribution in [3.05, 3.63) is 60.4 Å². The summed E-state index contributed by atoms with van der Waals surface area (Å²) in [4.78, 5) is 29.9. The Morgan fingerprint density at radius 2 is 1.79 bits per heavy atom. The molecule has 29 heavy (non-hydrogen) atoms. The lowest BCUT2D eigenvalue weighted by Crippen LogP contribution is -2.37. The Balaban J connectivity index is 1.51. The normalized spacial score (nSPS) is 14.5. The minimum absolute atomic E-state index is 0.162. The van der Waals surface area contributed by atoms with E-state index in [2.05, 4.69) is 15.6 Å². The Morgan fingerprint density at radius 1 is 1.03 bits per heavy atom. The summed E-state index contributed by atoms with van der Waals surface area (Å²) in [7, 11) is 0. The highest BCUT2D eigenvalue weighted by Crippen LogP contribution is 2.21. The van der Waals surface area contributed by atoms with Crippen LogP contribution in [0.3, 0.4) is 0 Å². The number of anilines is 1. The number of nitrogens with zero attached hydrogens (tertiary/aromatic N) is 2. The number of ether oxygens (including phenoxy) is 1. The predicted molar refractivity (Wildman–Crippen MR) is 110 cm³/mol. The topological polar surface area (TPSA) is 84.7 Å². The molecule has 0 aliphatic heterocycles. The van der Waals surface area contributed by atoms with E-state index in [-0.39, 0.29) is 30.3 Å². The minimum Gasteiger partial charge on any atom is -0.484 e. The van der Waals surface area contributed by atoms with E-state index in [9.17, 15) is 9.59 Å². The molecule has 2 N–H and O–H groups in total. The molecule has 1 aromatic carbocycles. The van der Waals surface area contributed by atoms with E-state index in [4.69, 9.17) is 4.74 Å². The molecule has 0 radical (unpaired) electrons. The Morgan fingerprint density at radius 3 is 2.59 bits per heavy atom. The number of carbonyl (C=O) groups excluding carboxylic acids is 2. The molecule has 1 aliphatic rings. The van der Waals surface area contributed by atoms with Gasteiger partial charge in [-0.3, -0.25) is 14.0 Å². The van der Waals surface area contributed by atoms with Crippen molar-refractivity contribution in [1.29, 1.82) is 0 Å². The van der Waals surface area contributed by atoms with Gasteiger partial charge >= 0.3 is 0 Å². The average molecular weight is 392 g/mol. The van der Waals surface area contributed by atoms with E-state index in [0.29, 0.717) is 17.1 Å². The van der Waals surface area contributed by atoms with Crippen molar-refractivity contribution in [2.75, 3.05) is 11.9 Å². The molecule has 2 amide bonds. The summed E-state index contributed by atoms with van der Waals surface area (Å²) in [6, 6.07) is 14.7. The van der Waals surface area contributed by atoms with E-state index >= 15 is 0 Å². The van der Waals surface area contributed by atoms with Crippen LogP contribution in [-0.4, -0.2) is 33.8 Å². The van der Waals surface area contributed by atoms with Crippen LogP contribution in [0.4, 0.5) is 5.82 Å². The number of benzene rings is 1. The second-order valence-corrected chi connectivity index (χ2v) is 7.20. The molecule has 1 saturated carbocycles. The second-order valence-electron chi connectivity index (χ2n) is 7.20. The van der Waals surface area contributed by atoms with Crippen LogP contribution in [0.1, 0.15) is 42.6 Å². The number of fused-ring (bicyclic) bond motifs is 1. The first kappa shape index (κ1) is 19.0. The first-order chi connectivity index (χ1) is 14.2. The molecule has 7 nitrogen and oxygen atoms in total. The van der Waals surface area contributed by atoms with E-state index in [1.165, 1.54) is 6.42 Å². The fourth-order valence-corrected chi connectivity index (χ4v) is 3.63. The molecule has 0 atom stereocenters. The number of amides is 2. The third kappa shape index (κ3) is 4.56. The molecule has 150 valence electrons. The molecule has 0 unspecified atom stereocenters. The zero-order valence-corrected chi connectivity index (χ0v) is 16.1. The van der Waals surface area contributed by atoms with Crippen molar-refractivity contribution in [2.24, 2.45) is 0 Å². The first-order valence-corrected chi connectivity index (χ1v) is 9.96. The first-order valence-electron chi connectivity index (χ1n) is 9.96. The Bertz CT molecular complexity index is 994. The lowest BCUT2D eigenvalue weighted by molar-refractivity contribution is -0.118. The second kappa shape index (κ2) is 8.77. The van der Waals surface area contributed by atoms with Gasteiger partial charge in [-0.15, -0.1) is 0 Å². The van der Waals surface area contributed by atoms with E-state index in [1.807, 2.05) is 30.3 Å². The highest BCUT2D eigenvalue weighted by molar-refractivity contribution is 6.03. The van der Waals surface area contributed by atoms with Crippen LogP contribution < -0.4 is 15.4 Å². The quantitative estimate of drug-likeness (QED) is 0.673. The summed E-state index contributed by atoms with van der Waals surface area (Å²) in [5, 5.41) is 5.83. The molecule has 3 aromatic rings. The summed E-state index contributed by atoms with van der Waals surface area (Å²) in [6.07, 6.45) is 7.19. The van der Waals surface area contributed by atoms with Crippen molar-refractivity contribution < 1.29 is 14.3 Å². The molecule has 0 spiro atoms. The maximum Gasteiger partial charge on any atom is 0.272 e. The third-order valence-electron chi connectivity index (χ3n) is 5.06. The van der Waals surface area contributed by atoms with Crippen LogP contribution in [0, 0.1) is 0 Å². The molecule has 1 fully saturated rings. The summed E-state index contributed by atoms with van der Waals surface area (Å²) in [6.45, 7) is -0.165. The van der Waals surface area contributed by atoms with Gasteiger partial charge in [0.05, 0.1) is 0 Å². The van der Waals surface area contributed by atoms with Crippen molar-refractivity contribution in [3.63, 3.8) is 0 Å². The van der Waals surface area contributed by atoms with Crippen LogP contribution in [-0.2, 0) is 4.79 Å². The van der Waals surface area contributed by atoms with E-state index < -0.39 is 0 Å². The highest BCUT2D eigenvalue weighted by atomic mass is 16.5. The number of aromatic nitrogens is 2. The molecule has 7 heteroatoms. The fourth-order valence-electron chi connectivity index (χ4n) is 3.63. The minimum atomic E-state index is -0.371. The molecular weight excluding hydrogens is 368 g/mol. The number of imidazole rings is 1. The molecule has 2 aromatic heterocycles. The predicted octanol–water partition coefficient (Wildman–Crippen LogP) is 3.41. The summed E-state index contributed by atoms with van der Waals surface area (Å²) in [5.74, 6) is 0.248. The Labute approximate surface area is 169 Å². The van der Waals surface area contributed by atoms with Crippen molar-refractivity contribution in [3.8, 4) is 5.75 Å². The monoisotopic (exact) mass is 392 g/mol. The van der Waals surface area contributed by atoms with Crippen LogP contribution in [0.15, 0.2) is 54.7 Å².